The average molecular weight is 354 g/mol. The van der Waals surface area contributed by atoms with Crippen LogP contribution in [0.5, 0.6) is 0 Å². The van der Waals surface area contributed by atoms with Crippen molar-refractivity contribution in [2.24, 2.45) is 0 Å². The minimum Gasteiger partial charge on any atom is -0.337 e. The first-order chi connectivity index (χ1) is 12.7. The van der Waals surface area contributed by atoms with Gasteiger partial charge in [-0.1, -0.05) is 37.3 Å². The lowest BCUT2D eigenvalue weighted by Crippen LogP contribution is -2.49. The fraction of sp³-hybridized carbons (Fsp3) is 0.524. The van der Waals surface area contributed by atoms with Gasteiger partial charge >= 0.3 is 0 Å². The molecule has 0 aliphatic carbocycles. The molecule has 0 saturated carbocycles. The normalized spacial score (nSPS) is 17.2. The van der Waals surface area contributed by atoms with Gasteiger partial charge in [0.25, 0.3) is 0 Å². The molecule has 1 aliphatic rings. The van der Waals surface area contributed by atoms with Crippen molar-refractivity contribution in [3.8, 4) is 0 Å². The lowest BCUT2D eigenvalue weighted by molar-refractivity contribution is -0.138. The third-order valence-electron chi connectivity index (χ3n) is 5.41. The highest BCUT2D eigenvalue weighted by atomic mass is 16.2. The quantitative estimate of drug-likeness (QED) is 0.767. The van der Waals surface area contributed by atoms with Gasteiger partial charge in [-0.05, 0) is 57.5 Å². The molecule has 1 aliphatic heterocycles. The zero-order chi connectivity index (χ0) is 18.4. The predicted molar refractivity (Wildman–Crippen MR) is 104 cm³/mol. The van der Waals surface area contributed by atoms with Crippen LogP contribution in [0.2, 0.25) is 0 Å². The van der Waals surface area contributed by atoms with Crippen molar-refractivity contribution in [1.82, 2.24) is 19.6 Å². The molecule has 0 bridgehead atoms. The zero-order valence-corrected chi connectivity index (χ0v) is 15.9. The number of carbonyl (C=O) groups excluding carboxylic acids is 1. The fourth-order valence-corrected chi connectivity index (χ4v) is 3.80. The van der Waals surface area contributed by atoms with Crippen LogP contribution in [0.1, 0.15) is 37.8 Å². The molecule has 1 saturated heterocycles. The van der Waals surface area contributed by atoms with Gasteiger partial charge in [0.1, 0.15) is 6.04 Å². The van der Waals surface area contributed by atoms with Gasteiger partial charge in [0.05, 0.1) is 0 Å². The van der Waals surface area contributed by atoms with Gasteiger partial charge in [0.15, 0.2) is 0 Å². The van der Waals surface area contributed by atoms with Gasteiger partial charge in [-0.15, -0.1) is 0 Å². The number of benzene rings is 1. The minimum atomic E-state index is -0.208. The van der Waals surface area contributed by atoms with Gasteiger partial charge in [-0.25, -0.2) is 0 Å². The van der Waals surface area contributed by atoms with Gasteiger partial charge in [0, 0.05) is 25.0 Å². The van der Waals surface area contributed by atoms with Crippen molar-refractivity contribution >= 4 is 5.91 Å². The summed E-state index contributed by atoms with van der Waals surface area (Å²) in [5.41, 5.74) is 1.28. The summed E-state index contributed by atoms with van der Waals surface area (Å²) in [5, 5.41) is 4.33. The van der Waals surface area contributed by atoms with Crippen molar-refractivity contribution < 1.29 is 4.79 Å². The van der Waals surface area contributed by atoms with E-state index in [-0.39, 0.29) is 11.9 Å². The number of amides is 1. The number of likely N-dealkylation sites (tertiary alicyclic amines) is 1. The monoisotopic (exact) mass is 354 g/mol. The van der Waals surface area contributed by atoms with Crippen LogP contribution in [0.25, 0.3) is 0 Å². The molecule has 3 rings (SSSR count). The molecule has 0 radical (unpaired) electrons. The van der Waals surface area contributed by atoms with Crippen LogP contribution >= 0.6 is 0 Å². The Hall–Kier alpha value is -2.14. The Morgan fingerprint density at radius 1 is 1.23 bits per heavy atom. The Bertz CT molecular complexity index is 663. The van der Waals surface area contributed by atoms with Crippen molar-refractivity contribution in [2.45, 2.75) is 44.7 Å². The van der Waals surface area contributed by atoms with Crippen molar-refractivity contribution in [3.63, 3.8) is 0 Å². The Balaban J connectivity index is 1.75. The first kappa shape index (κ1) is 18.6. The molecular weight excluding hydrogens is 324 g/mol. The Morgan fingerprint density at radius 2 is 1.96 bits per heavy atom. The highest BCUT2D eigenvalue weighted by Crippen LogP contribution is 2.22. The van der Waals surface area contributed by atoms with E-state index in [0.29, 0.717) is 6.04 Å². The van der Waals surface area contributed by atoms with E-state index in [2.05, 4.69) is 53.1 Å². The van der Waals surface area contributed by atoms with Gasteiger partial charge in [-0.2, -0.15) is 5.10 Å². The minimum absolute atomic E-state index is 0.208. The van der Waals surface area contributed by atoms with Crippen LogP contribution in [0.15, 0.2) is 48.8 Å². The van der Waals surface area contributed by atoms with Crippen molar-refractivity contribution in [2.75, 3.05) is 26.7 Å². The largest absolute Gasteiger partial charge is 0.337 e. The topological polar surface area (TPSA) is 41.4 Å². The number of hydrogen-bond acceptors (Lipinski definition) is 3. The lowest BCUT2D eigenvalue weighted by atomic mass is 10.0. The van der Waals surface area contributed by atoms with Crippen molar-refractivity contribution in [1.29, 1.82) is 0 Å². The molecule has 0 N–H and O–H groups in total. The maximum atomic E-state index is 13.4. The number of carbonyl (C=O) groups is 1. The molecule has 0 spiro atoms. The van der Waals surface area contributed by atoms with E-state index >= 15 is 0 Å². The highest BCUT2D eigenvalue weighted by molar-refractivity contribution is 5.80. The first-order valence-electron chi connectivity index (χ1n) is 9.71. The third kappa shape index (κ3) is 4.52. The van der Waals surface area contributed by atoms with Crippen molar-refractivity contribution in [3.05, 3.63) is 54.4 Å². The molecule has 1 atom stereocenters. The third-order valence-corrected chi connectivity index (χ3v) is 5.41. The number of hydrogen-bond donors (Lipinski definition) is 0. The smallest absolute Gasteiger partial charge is 0.247 e. The highest BCUT2D eigenvalue weighted by Gasteiger charge is 2.31. The molecule has 140 valence electrons. The number of piperidine rings is 1. The van der Waals surface area contributed by atoms with E-state index in [1.54, 1.807) is 6.20 Å². The van der Waals surface area contributed by atoms with Crippen LogP contribution in [0, 0.1) is 0 Å². The summed E-state index contributed by atoms with van der Waals surface area (Å²) < 4.78 is 1.81. The Kier molecular flexibility index (Phi) is 6.45. The summed E-state index contributed by atoms with van der Waals surface area (Å²) >= 11 is 0. The van der Waals surface area contributed by atoms with E-state index in [1.165, 1.54) is 5.56 Å². The SMILES string of the molecule is CC[C@@H](C(=O)N(CCc1ccccc1)C1CCN(C)CC1)n1cccn1. The summed E-state index contributed by atoms with van der Waals surface area (Å²) in [7, 11) is 2.16. The Labute approximate surface area is 156 Å². The molecule has 1 aromatic carbocycles. The molecule has 1 amide bonds. The second-order valence-corrected chi connectivity index (χ2v) is 7.21. The van der Waals surface area contributed by atoms with E-state index in [4.69, 9.17) is 0 Å². The zero-order valence-electron chi connectivity index (χ0n) is 15.9. The molecule has 5 heteroatoms. The molecule has 0 unspecified atom stereocenters. The summed E-state index contributed by atoms with van der Waals surface area (Å²) in [5.74, 6) is 0.210. The van der Waals surface area contributed by atoms with Crippen LogP contribution in [-0.4, -0.2) is 58.2 Å². The standard InChI is InChI=1S/C21H30N4O/c1-3-20(25-14-7-13-22-25)21(26)24(19-11-15-23(2)16-12-19)17-10-18-8-5-4-6-9-18/h4-9,13-14,19-20H,3,10-12,15-17H2,1-2H3/t20-/m0/s1. The summed E-state index contributed by atoms with van der Waals surface area (Å²) in [6, 6.07) is 12.5. The summed E-state index contributed by atoms with van der Waals surface area (Å²) in [6.07, 6.45) is 7.40. The molecule has 1 aromatic heterocycles. The van der Waals surface area contributed by atoms with E-state index in [9.17, 15) is 4.79 Å². The van der Waals surface area contributed by atoms with Crippen LogP contribution in [0.4, 0.5) is 0 Å². The van der Waals surface area contributed by atoms with Gasteiger partial charge in [0.2, 0.25) is 5.91 Å². The second-order valence-electron chi connectivity index (χ2n) is 7.21. The Morgan fingerprint density at radius 3 is 2.58 bits per heavy atom. The first-order valence-corrected chi connectivity index (χ1v) is 9.71. The van der Waals surface area contributed by atoms with Crippen LogP contribution < -0.4 is 0 Å². The number of aromatic nitrogens is 2. The maximum Gasteiger partial charge on any atom is 0.247 e. The number of nitrogens with zero attached hydrogens (tertiary/aromatic N) is 4. The van der Waals surface area contributed by atoms with E-state index in [0.717, 1.165) is 45.3 Å². The fourth-order valence-electron chi connectivity index (χ4n) is 3.80. The second kappa shape index (κ2) is 8.99. The molecule has 2 aromatic rings. The summed E-state index contributed by atoms with van der Waals surface area (Å²) in [6.45, 7) is 4.94. The molecule has 5 nitrogen and oxygen atoms in total. The van der Waals surface area contributed by atoms with Gasteiger partial charge < -0.3 is 9.80 Å². The maximum absolute atomic E-state index is 13.4. The van der Waals surface area contributed by atoms with E-state index in [1.807, 2.05) is 23.0 Å². The van der Waals surface area contributed by atoms with Gasteiger partial charge in [-0.3, -0.25) is 9.48 Å². The molecule has 2 heterocycles. The molecule has 26 heavy (non-hydrogen) atoms. The van der Waals surface area contributed by atoms with Crippen LogP contribution in [0.3, 0.4) is 0 Å². The van der Waals surface area contributed by atoms with Crippen LogP contribution in [-0.2, 0) is 11.2 Å². The molecular formula is C21H30N4O. The average Bonchev–Trinajstić information content (AvgIpc) is 3.19. The summed E-state index contributed by atoms with van der Waals surface area (Å²) in [4.78, 5) is 17.9. The van der Waals surface area contributed by atoms with E-state index < -0.39 is 0 Å². The predicted octanol–water partition coefficient (Wildman–Crippen LogP) is 3.00. The number of rotatable bonds is 7. The lowest BCUT2D eigenvalue weighted by Gasteiger charge is -2.39. The molecule has 1 fully saturated rings.